The van der Waals surface area contributed by atoms with E-state index in [0.29, 0.717) is 18.4 Å². The van der Waals surface area contributed by atoms with Gasteiger partial charge in [-0.25, -0.2) is 4.79 Å². The average molecular weight is 449 g/mol. The Balaban J connectivity index is 1.64. The van der Waals surface area contributed by atoms with Gasteiger partial charge >= 0.3 is 6.09 Å². The van der Waals surface area contributed by atoms with E-state index >= 15 is 0 Å². The molecule has 174 valence electrons. The molecule has 0 atom stereocenters. The van der Waals surface area contributed by atoms with E-state index in [0.717, 1.165) is 16.5 Å². The lowest BCUT2D eigenvalue weighted by atomic mass is 9.94. The van der Waals surface area contributed by atoms with Crippen molar-refractivity contribution in [1.29, 1.82) is 0 Å². The fraction of sp³-hybridized carbons (Fsp3) is 0.333. The summed E-state index contributed by atoms with van der Waals surface area (Å²) >= 11 is 0. The molecule has 3 aromatic rings. The van der Waals surface area contributed by atoms with Crippen molar-refractivity contribution < 1.29 is 19.4 Å². The molecule has 6 nitrogen and oxygen atoms in total. The lowest BCUT2D eigenvalue weighted by molar-refractivity contribution is 0.0472. The summed E-state index contributed by atoms with van der Waals surface area (Å²) in [6, 6.07) is 18.7. The molecule has 0 radical (unpaired) electrons. The van der Waals surface area contributed by atoms with Crippen LogP contribution in [0.4, 0.5) is 4.79 Å². The fourth-order valence-electron chi connectivity index (χ4n) is 3.70. The number of benzene rings is 3. The van der Waals surface area contributed by atoms with E-state index in [9.17, 15) is 14.7 Å². The number of phenols is 1. The summed E-state index contributed by atoms with van der Waals surface area (Å²) in [6.45, 7) is 9.68. The number of hydrogen-bond donors (Lipinski definition) is 3. The predicted molar refractivity (Wildman–Crippen MR) is 130 cm³/mol. The van der Waals surface area contributed by atoms with Crippen molar-refractivity contribution in [3.8, 4) is 5.75 Å². The minimum Gasteiger partial charge on any atom is -0.506 e. The second kappa shape index (κ2) is 9.53. The third-order valence-corrected chi connectivity index (χ3v) is 5.08. The summed E-state index contributed by atoms with van der Waals surface area (Å²) in [5.74, 6) is -0.357. The molecule has 0 saturated carbocycles. The summed E-state index contributed by atoms with van der Waals surface area (Å²) < 4.78 is 5.36. The monoisotopic (exact) mass is 448 g/mol. The lowest BCUT2D eigenvalue weighted by Gasteiger charge is -2.29. The first-order chi connectivity index (χ1) is 15.4. The molecule has 0 unspecified atom stereocenters. The Morgan fingerprint density at radius 2 is 1.61 bits per heavy atom. The van der Waals surface area contributed by atoms with E-state index in [-0.39, 0.29) is 17.2 Å². The van der Waals surface area contributed by atoms with Crippen LogP contribution >= 0.6 is 0 Å². The highest BCUT2D eigenvalue weighted by atomic mass is 16.6. The van der Waals surface area contributed by atoms with Gasteiger partial charge in [0.15, 0.2) is 0 Å². The Morgan fingerprint density at radius 1 is 0.909 bits per heavy atom. The zero-order valence-corrected chi connectivity index (χ0v) is 19.9. The van der Waals surface area contributed by atoms with Gasteiger partial charge in [0.05, 0.1) is 5.56 Å². The largest absolute Gasteiger partial charge is 0.506 e. The Morgan fingerprint density at radius 3 is 2.33 bits per heavy atom. The first kappa shape index (κ1) is 24.1. The van der Waals surface area contributed by atoms with Crippen LogP contribution in [0.2, 0.25) is 0 Å². The minimum atomic E-state index is -0.558. The lowest BCUT2D eigenvalue weighted by Crippen LogP contribution is -2.47. The Bertz CT molecular complexity index is 1160. The molecular formula is C27H32N2O4. The quantitative estimate of drug-likeness (QED) is 0.476. The van der Waals surface area contributed by atoms with Crippen molar-refractivity contribution in [3.63, 3.8) is 0 Å². The molecule has 0 spiro atoms. The van der Waals surface area contributed by atoms with Crippen LogP contribution in [0.1, 0.15) is 56.1 Å². The topological polar surface area (TPSA) is 87.7 Å². The Labute approximate surface area is 195 Å². The maximum absolute atomic E-state index is 12.7. The van der Waals surface area contributed by atoms with Crippen LogP contribution < -0.4 is 10.6 Å². The number of rotatable bonds is 6. The Kier molecular flexibility index (Phi) is 6.96. The SMILES string of the molecule is CC(C)(Cc1cccc(CNC(=O)c2ccc3ccccc3c2O)c1)NC(=O)OC(C)(C)C. The van der Waals surface area contributed by atoms with Crippen LogP contribution in [-0.2, 0) is 17.7 Å². The van der Waals surface area contributed by atoms with Crippen LogP contribution in [0.5, 0.6) is 5.75 Å². The van der Waals surface area contributed by atoms with Crippen molar-refractivity contribution in [2.24, 2.45) is 0 Å². The van der Waals surface area contributed by atoms with Gasteiger partial charge in [0, 0.05) is 17.5 Å². The van der Waals surface area contributed by atoms with Gasteiger partial charge in [0.1, 0.15) is 11.4 Å². The third-order valence-electron chi connectivity index (χ3n) is 5.08. The van der Waals surface area contributed by atoms with Gasteiger partial charge < -0.3 is 20.5 Å². The molecule has 3 rings (SSSR count). The summed E-state index contributed by atoms with van der Waals surface area (Å²) in [7, 11) is 0. The normalized spacial score (nSPS) is 11.8. The zero-order valence-electron chi connectivity index (χ0n) is 19.9. The number of fused-ring (bicyclic) bond motifs is 1. The minimum absolute atomic E-state index is 0.0192. The highest BCUT2D eigenvalue weighted by Crippen LogP contribution is 2.28. The van der Waals surface area contributed by atoms with Gasteiger partial charge in [-0.05, 0) is 63.6 Å². The number of carbonyl (C=O) groups is 2. The van der Waals surface area contributed by atoms with Gasteiger partial charge in [-0.3, -0.25) is 4.79 Å². The number of hydrogen-bond acceptors (Lipinski definition) is 4. The van der Waals surface area contributed by atoms with Crippen LogP contribution in [-0.4, -0.2) is 28.2 Å². The second-order valence-corrected chi connectivity index (χ2v) is 9.87. The Hall–Kier alpha value is -3.54. The average Bonchev–Trinajstić information content (AvgIpc) is 2.70. The van der Waals surface area contributed by atoms with Gasteiger partial charge in [0.2, 0.25) is 0 Å². The summed E-state index contributed by atoms with van der Waals surface area (Å²) in [5, 5.41) is 17.8. The van der Waals surface area contributed by atoms with Gasteiger partial charge in [-0.15, -0.1) is 0 Å². The first-order valence-corrected chi connectivity index (χ1v) is 11.0. The maximum atomic E-state index is 12.7. The smallest absolute Gasteiger partial charge is 0.408 e. The van der Waals surface area contributed by atoms with Crippen molar-refractivity contribution in [2.75, 3.05) is 0 Å². The molecule has 33 heavy (non-hydrogen) atoms. The van der Waals surface area contributed by atoms with E-state index in [1.54, 1.807) is 12.1 Å². The number of amides is 2. The molecule has 0 saturated heterocycles. The van der Waals surface area contributed by atoms with Gasteiger partial charge in [0.25, 0.3) is 5.91 Å². The number of aromatic hydroxyl groups is 1. The molecule has 0 aromatic heterocycles. The molecule has 3 N–H and O–H groups in total. The van der Waals surface area contributed by atoms with E-state index in [1.165, 1.54) is 0 Å². The molecule has 0 aliphatic heterocycles. The number of carbonyl (C=O) groups excluding carboxylic acids is 2. The molecule has 0 fully saturated rings. The standard InChI is InChI=1S/C27H32N2O4/c1-26(2,3)33-25(32)29-27(4,5)16-18-9-8-10-19(15-18)17-28-24(31)22-14-13-20-11-6-7-12-21(20)23(22)30/h6-15,30H,16-17H2,1-5H3,(H,28,31)(H,29,32). The third kappa shape index (κ3) is 6.72. The van der Waals surface area contributed by atoms with E-state index in [1.807, 2.05) is 83.1 Å². The van der Waals surface area contributed by atoms with E-state index in [4.69, 9.17) is 4.74 Å². The highest BCUT2D eigenvalue weighted by molar-refractivity contribution is 6.03. The number of nitrogens with one attached hydrogen (secondary N) is 2. The summed E-state index contributed by atoms with van der Waals surface area (Å²) in [4.78, 5) is 24.9. The molecular weight excluding hydrogens is 416 g/mol. The highest BCUT2D eigenvalue weighted by Gasteiger charge is 2.25. The summed E-state index contributed by atoms with van der Waals surface area (Å²) in [6.07, 6.45) is 0.144. The van der Waals surface area contributed by atoms with Crippen LogP contribution in [0.15, 0.2) is 60.7 Å². The van der Waals surface area contributed by atoms with Crippen LogP contribution in [0, 0.1) is 0 Å². The van der Waals surface area contributed by atoms with Crippen molar-refractivity contribution >= 4 is 22.8 Å². The van der Waals surface area contributed by atoms with Gasteiger partial charge in [-0.2, -0.15) is 0 Å². The molecule has 0 bridgehead atoms. The molecule has 0 heterocycles. The first-order valence-electron chi connectivity index (χ1n) is 11.0. The number of alkyl carbamates (subject to hydrolysis) is 1. The molecule has 6 heteroatoms. The molecule has 0 aliphatic carbocycles. The number of ether oxygens (including phenoxy) is 1. The predicted octanol–water partition coefficient (Wildman–Crippen LogP) is 5.32. The van der Waals surface area contributed by atoms with Crippen LogP contribution in [0.25, 0.3) is 10.8 Å². The van der Waals surface area contributed by atoms with Crippen LogP contribution in [0.3, 0.4) is 0 Å². The van der Waals surface area contributed by atoms with Crippen molar-refractivity contribution in [1.82, 2.24) is 10.6 Å². The summed E-state index contributed by atoms with van der Waals surface area (Å²) in [5.41, 5.74) is 1.12. The van der Waals surface area contributed by atoms with E-state index < -0.39 is 17.2 Å². The molecule has 2 amide bonds. The fourth-order valence-corrected chi connectivity index (χ4v) is 3.70. The maximum Gasteiger partial charge on any atom is 0.408 e. The molecule has 0 aliphatic rings. The molecule has 3 aromatic carbocycles. The van der Waals surface area contributed by atoms with Crippen molar-refractivity contribution in [2.45, 2.75) is 58.7 Å². The zero-order chi connectivity index (χ0) is 24.2. The van der Waals surface area contributed by atoms with E-state index in [2.05, 4.69) is 10.6 Å². The second-order valence-electron chi connectivity index (χ2n) is 9.87. The van der Waals surface area contributed by atoms with Crippen molar-refractivity contribution in [3.05, 3.63) is 77.4 Å². The number of phenolic OH excluding ortho intramolecular Hbond substituents is 1. The van der Waals surface area contributed by atoms with Gasteiger partial charge in [-0.1, -0.05) is 54.6 Å².